The lowest BCUT2D eigenvalue weighted by atomic mass is 10.2. The van der Waals surface area contributed by atoms with Crippen LogP contribution in [0.2, 0.25) is 0 Å². The van der Waals surface area contributed by atoms with Crippen LogP contribution >= 0.6 is 11.3 Å². The molecule has 2 heterocycles. The standard InChI is InChI=1S/C16H15N3O2S/c1-11-9-15(19-21-11)17-12-4-6-13(7-5-12)18-16(20)10-14-3-2-8-22-14/h2-9H,10H2,1H3,(H,17,19)(H,18,20). The van der Waals surface area contributed by atoms with E-state index in [-0.39, 0.29) is 5.91 Å². The van der Waals surface area contributed by atoms with Crippen molar-refractivity contribution in [1.29, 1.82) is 0 Å². The van der Waals surface area contributed by atoms with Gasteiger partial charge in [0.05, 0.1) is 6.42 Å². The van der Waals surface area contributed by atoms with Crippen LogP contribution in [0.5, 0.6) is 0 Å². The van der Waals surface area contributed by atoms with E-state index in [9.17, 15) is 4.79 Å². The van der Waals surface area contributed by atoms with Gasteiger partial charge >= 0.3 is 0 Å². The molecule has 0 spiro atoms. The van der Waals surface area contributed by atoms with Gasteiger partial charge in [0, 0.05) is 22.3 Å². The summed E-state index contributed by atoms with van der Waals surface area (Å²) in [5.41, 5.74) is 1.65. The monoisotopic (exact) mass is 313 g/mol. The number of hydrogen-bond donors (Lipinski definition) is 2. The van der Waals surface area contributed by atoms with Crippen molar-refractivity contribution in [2.75, 3.05) is 10.6 Å². The van der Waals surface area contributed by atoms with E-state index in [2.05, 4.69) is 15.8 Å². The maximum atomic E-state index is 11.9. The van der Waals surface area contributed by atoms with Crippen molar-refractivity contribution in [2.24, 2.45) is 0 Å². The minimum absolute atomic E-state index is 0.0183. The molecule has 0 saturated heterocycles. The fourth-order valence-corrected chi connectivity index (χ4v) is 2.69. The van der Waals surface area contributed by atoms with Gasteiger partial charge in [-0.2, -0.15) is 0 Å². The van der Waals surface area contributed by atoms with Gasteiger partial charge in [-0.15, -0.1) is 11.3 Å². The Balaban J connectivity index is 1.58. The van der Waals surface area contributed by atoms with Crippen LogP contribution in [-0.2, 0) is 11.2 Å². The maximum Gasteiger partial charge on any atom is 0.229 e. The molecule has 2 N–H and O–H groups in total. The number of carbonyl (C=O) groups excluding carboxylic acids is 1. The predicted molar refractivity (Wildman–Crippen MR) is 87.6 cm³/mol. The number of hydrogen-bond acceptors (Lipinski definition) is 5. The SMILES string of the molecule is Cc1cc(Nc2ccc(NC(=O)Cc3cccs3)cc2)no1. The second kappa shape index (κ2) is 6.44. The third-order valence-electron chi connectivity index (χ3n) is 2.98. The summed E-state index contributed by atoms with van der Waals surface area (Å²) in [6.45, 7) is 1.84. The number of aromatic nitrogens is 1. The second-order valence-corrected chi connectivity index (χ2v) is 5.86. The zero-order valence-electron chi connectivity index (χ0n) is 12.0. The van der Waals surface area contributed by atoms with Crippen molar-refractivity contribution in [2.45, 2.75) is 13.3 Å². The zero-order chi connectivity index (χ0) is 15.4. The lowest BCUT2D eigenvalue weighted by molar-refractivity contribution is -0.115. The molecule has 0 unspecified atom stereocenters. The predicted octanol–water partition coefficient (Wildman–Crippen LogP) is 3.97. The Morgan fingerprint density at radius 3 is 2.64 bits per heavy atom. The first-order valence-corrected chi connectivity index (χ1v) is 7.70. The summed E-state index contributed by atoms with van der Waals surface area (Å²) in [6, 6.07) is 13.2. The molecule has 0 aliphatic heterocycles. The van der Waals surface area contributed by atoms with Crippen molar-refractivity contribution in [1.82, 2.24) is 5.16 Å². The Kier molecular flexibility index (Phi) is 4.20. The van der Waals surface area contributed by atoms with Gasteiger partial charge in [0.15, 0.2) is 5.82 Å². The fourth-order valence-electron chi connectivity index (χ4n) is 1.99. The van der Waals surface area contributed by atoms with Crippen molar-refractivity contribution in [3.63, 3.8) is 0 Å². The minimum atomic E-state index is -0.0183. The Morgan fingerprint density at radius 2 is 2.00 bits per heavy atom. The van der Waals surface area contributed by atoms with Crippen LogP contribution in [0.15, 0.2) is 52.4 Å². The first-order valence-electron chi connectivity index (χ1n) is 6.82. The van der Waals surface area contributed by atoms with Crippen LogP contribution in [0.3, 0.4) is 0 Å². The van der Waals surface area contributed by atoms with Crippen LogP contribution in [-0.4, -0.2) is 11.1 Å². The Labute approximate surface area is 132 Å². The van der Waals surface area contributed by atoms with E-state index < -0.39 is 0 Å². The lowest BCUT2D eigenvalue weighted by Crippen LogP contribution is -2.13. The fraction of sp³-hybridized carbons (Fsp3) is 0.125. The van der Waals surface area contributed by atoms with E-state index in [1.165, 1.54) is 0 Å². The highest BCUT2D eigenvalue weighted by Gasteiger charge is 2.05. The van der Waals surface area contributed by atoms with Crippen LogP contribution in [0.4, 0.5) is 17.2 Å². The highest BCUT2D eigenvalue weighted by atomic mass is 32.1. The summed E-state index contributed by atoms with van der Waals surface area (Å²) in [7, 11) is 0. The van der Waals surface area contributed by atoms with Gasteiger partial charge in [0.1, 0.15) is 5.76 Å². The maximum absolute atomic E-state index is 11.9. The normalized spacial score (nSPS) is 10.4. The molecule has 0 radical (unpaired) electrons. The molecule has 0 saturated carbocycles. The largest absolute Gasteiger partial charge is 0.360 e. The van der Waals surface area contributed by atoms with Gasteiger partial charge in [0.25, 0.3) is 0 Å². The number of thiophene rings is 1. The molecular formula is C16H15N3O2S. The zero-order valence-corrected chi connectivity index (χ0v) is 12.8. The van der Waals surface area contributed by atoms with Crippen molar-refractivity contribution in [3.8, 4) is 0 Å². The molecule has 0 aliphatic rings. The first kappa shape index (κ1) is 14.3. The van der Waals surface area contributed by atoms with Gasteiger partial charge in [0.2, 0.25) is 5.91 Å². The molecule has 1 aromatic carbocycles. The van der Waals surface area contributed by atoms with Gasteiger partial charge in [-0.3, -0.25) is 4.79 Å². The van der Waals surface area contributed by atoms with Crippen molar-refractivity contribution in [3.05, 3.63) is 58.5 Å². The van der Waals surface area contributed by atoms with Crippen LogP contribution in [0.1, 0.15) is 10.6 Å². The molecule has 1 amide bonds. The van der Waals surface area contributed by atoms with Crippen LogP contribution in [0, 0.1) is 6.92 Å². The number of amides is 1. The van der Waals surface area contributed by atoms with E-state index in [1.54, 1.807) is 11.3 Å². The summed E-state index contributed by atoms with van der Waals surface area (Å²) in [5, 5.41) is 11.8. The molecule has 0 bridgehead atoms. The summed E-state index contributed by atoms with van der Waals surface area (Å²) in [6.07, 6.45) is 0.399. The molecule has 0 atom stereocenters. The van der Waals surface area contributed by atoms with Crippen molar-refractivity contribution >= 4 is 34.4 Å². The Morgan fingerprint density at radius 1 is 1.23 bits per heavy atom. The number of anilines is 3. The molecule has 0 fully saturated rings. The number of aryl methyl sites for hydroxylation is 1. The van der Waals surface area contributed by atoms with E-state index in [0.29, 0.717) is 12.2 Å². The van der Waals surface area contributed by atoms with E-state index >= 15 is 0 Å². The summed E-state index contributed by atoms with van der Waals surface area (Å²) < 4.78 is 4.99. The molecule has 22 heavy (non-hydrogen) atoms. The number of nitrogens with one attached hydrogen (secondary N) is 2. The lowest BCUT2D eigenvalue weighted by Gasteiger charge is -2.06. The summed E-state index contributed by atoms with van der Waals surface area (Å²) in [4.78, 5) is 13.0. The minimum Gasteiger partial charge on any atom is -0.360 e. The average Bonchev–Trinajstić information content (AvgIpc) is 3.13. The topological polar surface area (TPSA) is 67.2 Å². The van der Waals surface area contributed by atoms with Crippen molar-refractivity contribution < 1.29 is 9.32 Å². The van der Waals surface area contributed by atoms with Gasteiger partial charge in [-0.25, -0.2) is 0 Å². The van der Waals surface area contributed by atoms with E-state index in [4.69, 9.17) is 4.52 Å². The second-order valence-electron chi connectivity index (χ2n) is 4.83. The van der Waals surface area contributed by atoms with Gasteiger partial charge < -0.3 is 15.2 Å². The summed E-state index contributed by atoms with van der Waals surface area (Å²) in [5.74, 6) is 1.39. The number of nitrogens with zero attached hydrogens (tertiary/aromatic N) is 1. The van der Waals surface area contributed by atoms with Crippen LogP contribution in [0.25, 0.3) is 0 Å². The van der Waals surface area contributed by atoms with E-state index in [1.807, 2.05) is 54.8 Å². The first-order chi connectivity index (χ1) is 10.7. The molecule has 3 aromatic rings. The quantitative estimate of drug-likeness (QED) is 0.748. The molecular weight excluding hydrogens is 298 g/mol. The number of rotatable bonds is 5. The average molecular weight is 313 g/mol. The smallest absolute Gasteiger partial charge is 0.229 e. The van der Waals surface area contributed by atoms with E-state index in [0.717, 1.165) is 22.0 Å². The van der Waals surface area contributed by atoms with Gasteiger partial charge in [-0.05, 0) is 42.6 Å². The van der Waals surface area contributed by atoms with Gasteiger partial charge in [-0.1, -0.05) is 11.2 Å². The third-order valence-corrected chi connectivity index (χ3v) is 3.86. The molecule has 3 rings (SSSR count). The Bertz CT molecular complexity index is 748. The summed E-state index contributed by atoms with van der Waals surface area (Å²) >= 11 is 1.58. The highest BCUT2D eigenvalue weighted by molar-refractivity contribution is 7.10. The molecule has 2 aromatic heterocycles. The van der Waals surface area contributed by atoms with Crippen LogP contribution < -0.4 is 10.6 Å². The highest BCUT2D eigenvalue weighted by Crippen LogP contribution is 2.19. The number of benzene rings is 1. The number of carbonyl (C=O) groups is 1. The molecule has 0 aliphatic carbocycles. The molecule has 6 heteroatoms. The molecule has 112 valence electrons. The third kappa shape index (κ3) is 3.73. The molecule has 5 nitrogen and oxygen atoms in total. The Hall–Kier alpha value is -2.60.